The highest BCUT2D eigenvalue weighted by Crippen LogP contribution is 2.27. The normalized spacial score (nSPS) is 23.3. The number of carbonyl (C=O) groups excluding carboxylic acids is 1. The fourth-order valence-corrected chi connectivity index (χ4v) is 2.90. The zero-order valence-electron chi connectivity index (χ0n) is 12.5. The Hall–Kier alpha value is -1.59. The van der Waals surface area contributed by atoms with Gasteiger partial charge in [-0.1, -0.05) is 12.1 Å². The molecule has 0 saturated carbocycles. The highest BCUT2D eigenvalue weighted by Gasteiger charge is 2.25. The number of rotatable bonds is 3. The van der Waals surface area contributed by atoms with Crippen molar-refractivity contribution in [3.63, 3.8) is 0 Å². The van der Waals surface area contributed by atoms with Crippen LogP contribution < -0.4 is 10.2 Å². The van der Waals surface area contributed by atoms with Gasteiger partial charge in [0.2, 0.25) is 0 Å². The summed E-state index contributed by atoms with van der Waals surface area (Å²) >= 11 is 0. The lowest BCUT2D eigenvalue weighted by molar-refractivity contribution is -0.124. The van der Waals surface area contributed by atoms with Crippen molar-refractivity contribution < 1.29 is 9.53 Å². The number of piperazine rings is 1. The van der Waals surface area contributed by atoms with Gasteiger partial charge in [-0.25, -0.2) is 0 Å². The van der Waals surface area contributed by atoms with Gasteiger partial charge in [0.25, 0.3) is 5.91 Å². The number of hydrogen-bond donors (Lipinski definition) is 1. The fourth-order valence-electron chi connectivity index (χ4n) is 2.90. The van der Waals surface area contributed by atoms with E-state index in [0.29, 0.717) is 6.61 Å². The second kappa shape index (κ2) is 6.45. The molecule has 2 aliphatic rings. The van der Waals surface area contributed by atoms with E-state index >= 15 is 0 Å². The van der Waals surface area contributed by atoms with Crippen LogP contribution in [0.1, 0.15) is 12.8 Å². The molecule has 2 fully saturated rings. The monoisotopic (exact) mass is 289 g/mol. The predicted molar refractivity (Wildman–Crippen MR) is 83.8 cm³/mol. The first-order valence-corrected chi connectivity index (χ1v) is 7.69. The molecule has 1 unspecified atom stereocenters. The molecule has 1 N–H and O–H groups in total. The molecule has 0 aromatic heterocycles. The quantitative estimate of drug-likeness (QED) is 0.917. The Morgan fingerprint density at radius 3 is 2.71 bits per heavy atom. The molecule has 0 aliphatic carbocycles. The number of benzene rings is 1. The third-order valence-electron chi connectivity index (χ3n) is 4.23. The number of para-hydroxylation sites is 2. The smallest absolute Gasteiger partial charge is 0.253 e. The number of nitrogens with one attached hydrogen (secondary N) is 1. The molecule has 5 nitrogen and oxygen atoms in total. The van der Waals surface area contributed by atoms with E-state index in [9.17, 15) is 4.79 Å². The van der Waals surface area contributed by atoms with E-state index in [1.807, 2.05) is 18.2 Å². The summed E-state index contributed by atoms with van der Waals surface area (Å²) in [4.78, 5) is 16.9. The Labute approximate surface area is 125 Å². The molecule has 1 atom stereocenters. The van der Waals surface area contributed by atoms with Crippen LogP contribution in [-0.4, -0.2) is 56.7 Å². The van der Waals surface area contributed by atoms with Gasteiger partial charge >= 0.3 is 0 Å². The summed E-state index contributed by atoms with van der Waals surface area (Å²) in [6.45, 7) is 4.77. The summed E-state index contributed by atoms with van der Waals surface area (Å²) in [6, 6.07) is 8.04. The SMILES string of the molecule is CN1CCN(c2ccccc2NC(=O)C2CCCO2)CC1. The van der Waals surface area contributed by atoms with Crippen molar-refractivity contribution in [2.24, 2.45) is 0 Å². The molecular weight excluding hydrogens is 266 g/mol. The number of likely N-dealkylation sites (N-methyl/N-ethyl adjacent to an activating group) is 1. The lowest BCUT2D eigenvalue weighted by atomic mass is 10.2. The maximum Gasteiger partial charge on any atom is 0.253 e. The van der Waals surface area contributed by atoms with E-state index in [4.69, 9.17) is 4.74 Å². The summed E-state index contributed by atoms with van der Waals surface area (Å²) in [6.07, 6.45) is 1.51. The average Bonchev–Trinajstić information content (AvgIpc) is 3.03. The molecule has 21 heavy (non-hydrogen) atoms. The molecule has 5 heteroatoms. The second-order valence-electron chi connectivity index (χ2n) is 5.80. The van der Waals surface area contributed by atoms with Gasteiger partial charge in [0.05, 0.1) is 11.4 Å². The third kappa shape index (κ3) is 3.36. The fraction of sp³-hybridized carbons (Fsp3) is 0.562. The molecule has 0 radical (unpaired) electrons. The van der Waals surface area contributed by atoms with Crippen LogP contribution in [-0.2, 0) is 9.53 Å². The van der Waals surface area contributed by atoms with Gasteiger partial charge in [0, 0.05) is 32.8 Å². The van der Waals surface area contributed by atoms with Gasteiger partial charge in [-0.2, -0.15) is 0 Å². The van der Waals surface area contributed by atoms with Crippen LogP contribution in [0.25, 0.3) is 0 Å². The van der Waals surface area contributed by atoms with Crippen molar-refractivity contribution in [2.75, 3.05) is 50.1 Å². The van der Waals surface area contributed by atoms with E-state index in [1.54, 1.807) is 0 Å². The zero-order chi connectivity index (χ0) is 14.7. The average molecular weight is 289 g/mol. The highest BCUT2D eigenvalue weighted by molar-refractivity contribution is 5.97. The zero-order valence-corrected chi connectivity index (χ0v) is 12.5. The molecule has 2 aliphatic heterocycles. The number of anilines is 2. The molecule has 3 rings (SSSR count). The standard InChI is InChI=1S/C16H23N3O2/c1-18-8-10-19(11-9-18)14-6-3-2-5-13(14)17-16(20)15-7-4-12-21-15/h2-3,5-6,15H,4,7-12H2,1H3,(H,17,20). The highest BCUT2D eigenvalue weighted by atomic mass is 16.5. The minimum Gasteiger partial charge on any atom is -0.368 e. The van der Waals surface area contributed by atoms with Crippen molar-refractivity contribution in [2.45, 2.75) is 18.9 Å². The lowest BCUT2D eigenvalue weighted by Gasteiger charge is -2.35. The lowest BCUT2D eigenvalue weighted by Crippen LogP contribution is -2.44. The summed E-state index contributed by atoms with van der Waals surface area (Å²) < 4.78 is 5.45. The van der Waals surface area contributed by atoms with Gasteiger partial charge in [0.15, 0.2) is 0 Å². The van der Waals surface area contributed by atoms with Gasteiger partial charge in [-0.15, -0.1) is 0 Å². The summed E-state index contributed by atoms with van der Waals surface area (Å²) in [7, 11) is 2.14. The van der Waals surface area contributed by atoms with E-state index in [2.05, 4.69) is 28.2 Å². The number of carbonyl (C=O) groups is 1. The van der Waals surface area contributed by atoms with Crippen LogP contribution in [0.5, 0.6) is 0 Å². The van der Waals surface area contributed by atoms with Crippen LogP contribution in [0.3, 0.4) is 0 Å². The molecule has 2 saturated heterocycles. The Bertz CT molecular complexity index is 492. The first-order chi connectivity index (χ1) is 10.2. The van der Waals surface area contributed by atoms with Gasteiger partial charge in [-0.05, 0) is 32.0 Å². The molecule has 1 aromatic carbocycles. The van der Waals surface area contributed by atoms with Crippen molar-refractivity contribution >= 4 is 17.3 Å². The number of ether oxygens (including phenoxy) is 1. The summed E-state index contributed by atoms with van der Waals surface area (Å²) in [5, 5.41) is 3.04. The first kappa shape index (κ1) is 14.4. The third-order valence-corrected chi connectivity index (χ3v) is 4.23. The molecule has 1 aromatic rings. The molecule has 114 valence electrons. The maximum absolute atomic E-state index is 12.2. The van der Waals surface area contributed by atoms with Gasteiger partial charge in [-0.3, -0.25) is 4.79 Å². The van der Waals surface area contributed by atoms with Crippen LogP contribution >= 0.6 is 0 Å². The largest absolute Gasteiger partial charge is 0.368 e. The Morgan fingerprint density at radius 2 is 2.00 bits per heavy atom. The van der Waals surface area contributed by atoms with E-state index < -0.39 is 0 Å². The summed E-state index contributed by atoms with van der Waals surface area (Å²) in [5.74, 6) is -0.0194. The Balaban J connectivity index is 1.71. The molecule has 1 amide bonds. The molecule has 0 bridgehead atoms. The first-order valence-electron chi connectivity index (χ1n) is 7.69. The number of hydrogen-bond acceptors (Lipinski definition) is 4. The van der Waals surface area contributed by atoms with Crippen molar-refractivity contribution in [3.05, 3.63) is 24.3 Å². The summed E-state index contributed by atoms with van der Waals surface area (Å²) in [5.41, 5.74) is 2.00. The van der Waals surface area contributed by atoms with E-state index in [-0.39, 0.29) is 12.0 Å². The predicted octanol–water partition coefficient (Wildman–Crippen LogP) is 1.56. The topological polar surface area (TPSA) is 44.8 Å². The molecular formula is C16H23N3O2. The second-order valence-corrected chi connectivity index (χ2v) is 5.80. The number of nitrogens with zero attached hydrogens (tertiary/aromatic N) is 2. The Morgan fingerprint density at radius 1 is 1.24 bits per heavy atom. The number of amides is 1. The van der Waals surface area contributed by atoms with Crippen LogP contribution in [0.4, 0.5) is 11.4 Å². The van der Waals surface area contributed by atoms with Crippen molar-refractivity contribution in [1.82, 2.24) is 4.90 Å². The van der Waals surface area contributed by atoms with Gasteiger partial charge < -0.3 is 19.9 Å². The van der Waals surface area contributed by atoms with Crippen LogP contribution in [0.15, 0.2) is 24.3 Å². The van der Waals surface area contributed by atoms with Crippen LogP contribution in [0, 0.1) is 0 Å². The minimum absolute atomic E-state index is 0.0194. The van der Waals surface area contributed by atoms with Crippen molar-refractivity contribution in [3.8, 4) is 0 Å². The van der Waals surface area contributed by atoms with E-state index in [0.717, 1.165) is 50.4 Å². The molecule has 0 spiro atoms. The Kier molecular flexibility index (Phi) is 4.41. The van der Waals surface area contributed by atoms with E-state index in [1.165, 1.54) is 0 Å². The maximum atomic E-state index is 12.2. The van der Waals surface area contributed by atoms with Crippen LogP contribution in [0.2, 0.25) is 0 Å². The van der Waals surface area contributed by atoms with Crippen molar-refractivity contribution in [1.29, 1.82) is 0 Å². The van der Waals surface area contributed by atoms with Gasteiger partial charge in [0.1, 0.15) is 6.10 Å². The molecule has 2 heterocycles. The minimum atomic E-state index is -0.287.